The third-order valence-corrected chi connectivity index (χ3v) is 3.59. The Morgan fingerprint density at radius 1 is 1.20 bits per heavy atom. The second kappa shape index (κ2) is 4.37. The van der Waals surface area contributed by atoms with E-state index in [1.165, 1.54) is 12.8 Å². The smallest absolute Gasteiger partial charge is 0.0826 e. The normalized spacial score (nSPS) is 42.0. The molecule has 0 aromatic rings. The van der Waals surface area contributed by atoms with Crippen molar-refractivity contribution >= 4 is 0 Å². The number of ether oxygens (including phenoxy) is 2. The molecule has 86 valence electrons. The minimum atomic E-state index is 0.385. The highest BCUT2D eigenvalue weighted by molar-refractivity contribution is 4.86. The van der Waals surface area contributed by atoms with Crippen LogP contribution in [-0.4, -0.2) is 62.5 Å². The number of likely N-dealkylation sites (tertiary alicyclic amines) is 1. The van der Waals surface area contributed by atoms with Crippen LogP contribution in [0.5, 0.6) is 0 Å². The molecule has 3 aliphatic heterocycles. The van der Waals surface area contributed by atoms with Gasteiger partial charge in [-0.2, -0.15) is 0 Å². The molecular formula is C11H20N2O2. The number of hydrogen-bond acceptors (Lipinski definition) is 4. The van der Waals surface area contributed by atoms with Crippen LogP contribution in [0.1, 0.15) is 12.8 Å². The van der Waals surface area contributed by atoms with Crippen LogP contribution in [0.2, 0.25) is 0 Å². The van der Waals surface area contributed by atoms with Crippen LogP contribution in [0.4, 0.5) is 0 Å². The molecular weight excluding hydrogens is 192 g/mol. The molecule has 4 nitrogen and oxygen atoms in total. The Balaban J connectivity index is 1.50. The van der Waals surface area contributed by atoms with Gasteiger partial charge < -0.3 is 14.8 Å². The van der Waals surface area contributed by atoms with Gasteiger partial charge in [-0.25, -0.2) is 0 Å². The Bertz CT molecular complexity index is 207. The van der Waals surface area contributed by atoms with Gasteiger partial charge in [-0.05, 0) is 12.8 Å². The van der Waals surface area contributed by atoms with E-state index >= 15 is 0 Å². The second-order valence-corrected chi connectivity index (χ2v) is 4.87. The molecule has 3 fully saturated rings. The van der Waals surface area contributed by atoms with E-state index in [9.17, 15) is 0 Å². The third kappa shape index (κ3) is 2.33. The van der Waals surface area contributed by atoms with Gasteiger partial charge in [0.1, 0.15) is 0 Å². The van der Waals surface area contributed by atoms with E-state index in [1.807, 2.05) is 0 Å². The van der Waals surface area contributed by atoms with E-state index in [0.29, 0.717) is 18.3 Å². The van der Waals surface area contributed by atoms with Gasteiger partial charge in [0.2, 0.25) is 0 Å². The van der Waals surface area contributed by atoms with E-state index < -0.39 is 0 Å². The summed E-state index contributed by atoms with van der Waals surface area (Å²) < 4.78 is 11.5. The SMILES string of the molecule is C1COC(CN2CC3CCC(C2)O3)CN1. The molecule has 2 bridgehead atoms. The number of rotatable bonds is 2. The van der Waals surface area contributed by atoms with Crippen molar-refractivity contribution in [1.82, 2.24) is 10.2 Å². The number of morpholine rings is 2. The maximum absolute atomic E-state index is 5.82. The first-order chi connectivity index (χ1) is 7.40. The predicted molar refractivity (Wildman–Crippen MR) is 56.9 cm³/mol. The van der Waals surface area contributed by atoms with Gasteiger partial charge in [0.05, 0.1) is 24.9 Å². The fourth-order valence-electron chi connectivity index (χ4n) is 2.87. The Morgan fingerprint density at radius 3 is 2.67 bits per heavy atom. The molecule has 0 amide bonds. The standard InChI is InChI=1S/C11H20N2O2/c1-2-10-7-13(6-9(1)15-10)8-11-5-12-3-4-14-11/h9-12H,1-8H2. The fourth-order valence-corrected chi connectivity index (χ4v) is 2.87. The lowest BCUT2D eigenvalue weighted by atomic mass is 10.2. The molecule has 0 aromatic carbocycles. The first kappa shape index (κ1) is 10.0. The highest BCUT2D eigenvalue weighted by atomic mass is 16.5. The zero-order valence-electron chi connectivity index (χ0n) is 9.15. The van der Waals surface area contributed by atoms with Crippen molar-refractivity contribution in [3.05, 3.63) is 0 Å². The maximum Gasteiger partial charge on any atom is 0.0826 e. The van der Waals surface area contributed by atoms with Crippen LogP contribution in [0.3, 0.4) is 0 Å². The van der Waals surface area contributed by atoms with Crippen molar-refractivity contribution in [2.24, 2.45) is 0 Å². The Morgan fingerprint density at radius 2 is 2.00 bits per heavy atom. The van der Waals surface area contributed by atoms with Crippen molar-refractivity contribution in [2.75, 3.05) is 39.3 Å². The summed E-state index contributed by atoms with van der Waals surface area (Å²) in [6.45, 7) is 6.16. The largest absolute Gasteiger partial charge is 0.374 e. The Labute approximate surface area is 90.9 Å². The fraction of sp³-hybridized carbons (Fsp3) is 1.00. The molecule has 15 heavy (non-hydrogen) atoms. The molecule has 3 heterocycles. The molecule has 3 saturated heterocycles. The molecule has 3 unspecified atom stereocenters. The number of nitrogens with zero attached hydrogens (tertiary/aromatic N) is 1. The number of hydrogen-bond donors (Lipinski definition) is 1. The second-order valence-electron chi connectivity index (χ2n) is 4.87. The monoisotopic (exact) mass is 212 g/mol. The molecule has 3 rings (SSSR count). The van der Waals surface area contributed by atoms with Gasteiger partial charge in [-0.3, -0.25) is 4.90 Å². The van der Waals surface area contributed by atoms with E-state index in [1.54, 1.807) is 0 Å². The van der Waals surface area contributed by atoms with Crippen molar-refractivity contribution in [1.29, 1.82) is 0 Å². The van der Waals surface area contributed by atoms with Crippen LogP contribution in [0.15, 0.2) is 0 Å². The van der Waals surface area contributed by atoms with Gasteiger partial charge >= 0.3 is 0 Å². The molecule has 4 heteroatoms. The Kier molecular flexibility index (Phi) is 2.92. The molecule has 3 aliphatic rings. The van der Waals surface area contributed by atoms with E-state index in [0.717, 1.165) is 39.3 Å². The summed E-state index contributed by atoms with van der Waals surface area (Å²) in [5, 5.41) is 3.38. The van der Waals surface area contributed by atoms with Crippen molar-refractivity contribution in [2.45, 2.75) is 31.2 Å². The molecule has 0 spiro atoms. The highest BCUT2D eigenvalue weighted by Gasteiger charge is 2.34. The summed E-state index contributed by atoms with van der Waals surface area (Å²) in [5.41, 5.74) is 0. The van der Waals surface area contributed by atoms with Crippen LogP contribution < -0.4 is 5.32 Å². The van der Waals surface area contributed by atoms with Crippen molar-refractivity contribution in [3.8, 4) is 0 Å². The van der Waals surface area contributed by atoms with Gasteiger partial charge in [-0.1, -0.05) is 0 Å². The van der Waals surface area contributed by atoms with E-state index in [4.69, 9.17) is 9.47 Å². The summed E-state index contributed by atoms with van der Waals surface area (Å²) in [7, 11) is 0. The summed E-state index contributed by atoms with van der Waals surface area (Å²) in [4.78, 5) is 2.52. The average molecular weight is 212 g/mol. The molecule has 0 radical (unpaired) electrons. The Hall–Kier alpha value is -0.160. The van der Waals surface area contributed by atoms with Crippen LogP contribution in [0.25, 0.3) is 0 Å². The lowest BCUT2D eigenvalue weighted by Gasteiger charge is -2.35. The topological polar surface area (TPSA) is 33.7 Å². The number of fused-ring (bicyclic) bond motifs is 2. The van der Waals surface area contributed by atoms with Crippen LogP contribution >= 0.6 is 0 Å². The molecule has 3 atom stereocenters. The highest BCUT2D eigenvalue weighted by Crippen LogP contribution is 2.26. The minimum absolute atomic E-state index is 0.385. The lowest BCUT2D eigenvalue weighted by molar-refractivity contribution is -0.0629. The molecule has 0 aliphatic carbocycles. The predicted octanol–water partition coefficient (Wildman–Crippen LogP) is -0.162. The summed E-state index contributed by atoms with van der Waals surface area (Å²) >= 11 is 0. The van der Waals surface area contributed by atoms with Crippen LogP contribution in [0, 0.1) is 0 Å². The van der Waals surface area contributed by atoms with E-state index in [2.05, 4.69) is 10.2 Å². The van der Waals surface area contributed by atoms with Gasteiger partial charge in [0.15, 0.2) is 0 Å². The summed E-state index contributed by atoms with van der Waals surface area (Å²) in [5.74, 6) is 0. The molecule has 0 saturated carbocycles. The quantitative estimate of drug-likeness (QED) is 0.689. The third-order valence-electron chi connectivity index (χ3n) is 3.59. The van der Waals surface area contributed by atoms with E-state index in [-0.39, 0.29) is 0 Å². The van der Waals surface area contributed by atoms with Crippen molar-refractivity contribution in [3.63, 3.8) is 0 Å². The maximum atomic E-state index is 5.82. The van der Waals surface area contributed by atoms with Gasteiger partial charge in [-0.15, -0.1) is 0 Å². The van der Waals surface area contributed by atoms with Gasteiger partial charge in [0.25, 0.3) is 0 Å². The zero-order chi connectivity index (χ0) is 10.1. The molecule has 0 aromatic heterocycles. The minimum Gasteiger partial charge on any atom is -0.374 e. The first-order valence-electron chi connectivity index (χ1n) is 6.10. The average Bonchev–Trinajstić information content (AvgIpc) is 2.60. The number of nitrogens with one attached hydrogen (secondary N) is 1. The first-order valence-corrected chi connectivity index (χ1v) is 6.10. The molecule has 1 N–H and O–H groups in total. The van der Waals surface area contributed by atoms with Crippen LogP contribution in [-0.2, 0) is 9.47 Å². The lowest BCUT2D eigenvalue weighted by Crippen LogP contribution is -2.50. The van der Waals surface area contributed by atoms with Gasteiger partial charge in [0, 0.05) is 32.7 Å². The summed E-state index contributed by atoms with van der Waals surface area (Å²) in [6, 6.07) is 0. The van der Waals surface area contributed by atoms with Crippen molar-refractivity contribution < 1.29 is 9.47 Å². The zero-order valence-corrected chi connectivity index (χ0v) is 9.15. The summed E-state index contributed by atoms with van der Waals surface area (Å²) in [6.07, 6.45) is 3.90.